The Kier molecular flexibility index (Phi) is 7.75. The summed E-state index contributed by atoms with van der Waals surface area (Å²) in [5.41, 5.74) is 3.48. The van der Waals surface area contributed by atoms with Crippen molar-refractivity contribution >= 4 is 16.8 Å². The van der Waals surface area contributed by atoms with Crippen LogP contribution in [0.5, 0.6) is 0 Å². The molecule has 38 heavy (non-hydrogen) atoms. The molecule has 0 saturated carbocycles. The van der Waals surface area contributed by atoms with E-state index >= 15 is 0 Å². The quantitative estimate of drug-likeness (QED) is 0.248. The molecule has 4 aromatic rings. The number of fused-ring (bicyclic) bond motifs is 1. The summed E-state index contributed by atoms with van der Waals surface area (Å²) >= 11 is 0. The highest BCUT2D eigenvalue weighted by molar-refractivity contribution is 5.93. The minimum Gasteiger partial charge on any atom is -0.303 e. The molecule has 5 rings (SSSR count). The number of rotatable bonds is 10. The molecule has 0 unspecified atom stereocenters. The van der Waals surface area contributed by atoms with Gasteiger partial charge in [-0.25, -0.2) is 4.79 Å². The van der Waals surface area contributed by atoms with Gasteiger partial charge in [0.15, 0.2) is 0 Å². The van der Waals surface area contributed by atoms with Crippen molar-refractivity contribution < 1.29 is 4.79 Å². The van der Waals surface area contributed by atoms with Gasteiger partial charge < -0.3 is 4.90 Å². The van der Waals surface area contributed by atoms with Crippen LogP contribution in [0.15, 0.2) is 102 Å². The van der Waals surface area contributed by atoms with Crippen molar-refractivity contribution in [3.8, 4) is 0 Å². The molecule has 0 spiro atoms. The van der Waals surface area contributed by atoms with Crippen molar-refractivity contribution in [2.24, 2.45) is 0 Å². The molecular formula is C33H37N3O2. The first kappa shape index (κ1) is 25.9. The minimum atomic E-state index is -0.664. The number of Topliss-reactive ketones (excluding diaryl/α,β-unsaturated/α-hetero) is 1. The van der Waals surface area contributed by atoms with E-state index in [1.165, 1.54) is 0 Å². The monoisotopic (exact) mass is 507 g/mol. The lowest BCUT2D eigenvalue weighted by Gasteiger charge is -2.38. The van der Waals surface area contributed by atoms with E-state index in [2.05, 4.69) is 35.7 Å². The molecule has 1 fully saturated rings. The summed E-state index contributed by atoms with van der Waals surface area (Å²) in [6.07, 6.45) is 4.82. The first-order valence-electron chi connectivity index (χ1n) is 13.8. The van der Waals surface area contributed by atoms with Crippen LogP contribution in [0.3, 0.4) is 0 Å². The van der Waals surface area contributed by atoms with Crippen LogP contribution in [0.2, 0.25) is 0 Å². The van der Waals surface area contributed by atoms with Gasteiger partial charge in [0, 0.05) is 32.1 Å². The Morgan fingerprint density at radius 1 is 0.895 bits per heavy atom. The zero-order valence-corrected chi connectivity index (χ0v) is 22.3. The first-order valence-corrected chi connectivity index (χ1v) is 13.8. The van der Waals surface area contributed by atoms with Crippen LogP contribution in [-0.4, -0.2) is 39.5 Å². The third-order valence-corrected chi connectivity index (χ3v) is 8.24. The molecule has 5 nitrogen and oxygen atoms in total. The molecule has 1 aliphatic rings. The number of imidazole rings is 1. The van der Waals surface area contributed by atoms with Crippen molar-refractivity contribution in [1.29, 1.82) is 0 Å². The summed E-state index contributed by atoms with van der Waals surface area (Å²) in [7, 11) is 0. The number of allylic oxidation sites excluding steroid dienone is 1. The predicted octanol–water partition coefficient (Wildman–Crippen LogP) is 5.98. The van der Waals surface area contributed by atoms with E-state index in [1.54, 1.807) is 6.08 Å². The fourth-order valence-electron chi connectivity index (χ4n) is 6.28. The van der Waals surface area contributed by atoms with Gasteiger partial charge in [-0.2, -0.15) is 0 Å². The second-order valence-electron chi connectivity index (χ2n) is 10.3. The fraction of sp³-hybridized carbons (Fsp3) is 0.333. The molecule has 0 N–H and O–H groups in total. The number of piperidine rings is 1. The SMILES string of the molecule is C=CCn1c(=O)n(C2CCN(CCC(C(=O)CC)(c3ccccc3)c3ccccc3)CC2)c2ccccc21. The third kappa shape index (κ3) is 4.67. The van der Waals surface area contributed by atoms with Crippen LogP contribution in [0.25, 0.3) is 11.0 Å². The van der Waals surface area contributed by atoms with Crippen molar-refractivity contribution in [2.45, 2.75) is 50.6 Å². The van der Waals surface area contributed by atoms with E-state index < -0.39 is 5.41 Å². The van der Waals surface area contributed by atoms with Gasteiger partial charge in [-0.1, -0.05) is 85.8 Å². The lowest BCUT2D eigenvalue weighted by Crippen LogP contribution is -2.43. The summed E-state index contributed by atoms with van der Waals surface area (Å²) in [5, 5.41) is 0. The van der Waals surface area contributed by atoms with Crippen LogP contribution in [-0.2, 0) is 16.8 Å². The number of para-hydroxylation sites is 2. The van der Waals surface area contributed by atoms with Crippen molar-refractivity contribution in [1.82, 2.24) is 14.0 Å². The maximum Gasteiger partial charge on any atom is 0.329 e. The average molecular weight is 508 g/mol. The number of hydrogen-bond acceptors (Lipinski definition) is 3. The Balaban J connectivity index is 1.37. The number of benzene rings is 3. The van der Waals surface area contributed by atoms with E-state index in [0.717, 1.165) is 61.1 Å². The molecule has 1 aromatic heterocycles. The zero-order valence-electron chi connectivity index (χ0n) is 22.3. The minimum absolute atomic E-state index is 0.0465. The van der Waals surface area contributed by atoms with E-state index in [1.807, 2.05) is 76.7 Å². The first-order chi connectivity index (χ1) is 18.6. The van der Waals surface area contributed by atoms with Gasteiger partial charge in [-0.05, 0) is 49.1 Å². The van der Waals surface area contributed by atoms with Gasteiger partial charge in [-0.3, -0.25) is 13.9 Å². The highest BCUT2D eigenvalue weighted by Gasteiger charge is 2.40. The molecule has 2 heterocycles. The average Bonchev–Trinajstić information content (AvgIpc) is 3.25. The topological polar surface area (TPSA) is 47.2 Å². The molecule has 5 heteroatoms. The van der Waals surface area contributed by atoms with Gasteiger partial charge in [0.1, 0.15) is 5.78 Å². The molecular weight excluding hydrogens is 470 g/mol. The van der Waals surface area contributed by atoms with Crippen LogP contribution in [0, 0.1) is 0 Å². The van der Waals surface area contributed by atoms with Crippen LogP contribution in [0.4, 0.5) is 0 Å². The summed E-state index contributed by atoms with van der Waals surface area (Å²) in [4.78, 5) is 29.5. The molecule has 0 atom stereocenters. The maximum absolute atomic E-state index is 13.7. The summed E-state index contributed by atoms with van der Waals surface area (Å²) in [5.74, 6) is 0.256. The second kappa shape index (κ2) is 11.4. The molecule has 1 saturated heterocycles. The Morgan fingerprint density at radius 2 is 1.45 bits per heavy atom. The molecule has 0 bridgehead atoms. The van der Waals surface area contributed by atoms with Crippen molar-refractivity contribution in [3.05, 3.63) is 119 Å². The molecule has 3 aromatic carbocycles. The van der Waals surface area contributed by atoms with Crippen LogP contribution >= 0.6 is 0 Å². The van der Waals surface area contributed by atoms with E-state index in [0.29, 0.717) is 13.0 Å². The second-order valence-corrected chi connectivity index (χ2v) is 10.3. The third-order valence-electron chi connectivity index (χ3n) is 8.24. The van der Waals surface area contributed by atoms with Gasteiger partial charge in [-0.15, -0.1) is 6.58 Å². The summed E-state index contributed by atoms with van der Waals surface area (Å²) in [6, 6.07) is 28.7. The molecule has 0 radical (unpaired) electrons. The van der Waals surface area contributed by atoms with Crippen LogP contribution < -0.4 is 5.69 Å². The number of nitrogens with zero attached hydrogens (tertiary/aromatic N) is 3. The normalized spacial score (nSPS) is 15.1. The number of carbonyl (C=O) groups excluding carboxylic acids is 1. The highest BCUT2D eigenvalue weighted by Crippen LogP contribution is 2.38. The fourth-order valence-corrected chi connectivity index (χ4v) is 6.28. The van der Waals surface area contributed by atoms with Gasteiger partial charge in [0.2, 0.25) is 0 Å². The van der Waals surface area contributed by atoms with Gasteiger partial charge in [0.05, 0.1) is 16.4 Å². The standard InChI is InChI=1S/C33H37N3O2/c1-3-22-35-29-17-11-12-18-30(29)36(32(35)38)28-19-23-34(24-20-28)25-21-33(31(37)4-2,26-13-7-5-8-14-26)27-15-9-6-10-16-27/h3,5-18,28H,1,4,19-25H2,2H3. The molecule has 1 aliphatic heterocycles. The number of carbonyl (C=O) groups is 1. The van der Waals surface area contributed by atoms with Crippen molar-refractivity contribution in [3.63, 3.8) is 0 Å². The Bertz CT molecular complexity index is 1400. The largest absolute Gasteiger partial charge is 0.329 e. The summed E-state index contributed by atoms with van der Waals surface area (Å²) < 4.78 is 3.81. The predicted molar refractivity (Wildman–Crippen MR) is 155 cm³/mol. The number of hydrogen-bond donors (Lipinski definition) is 0. The Hall–Kier alpha value is -3.70. The molecule has 0 aliphatic carbocycles. The zero-order chi connectivity index (χ0) is 26.5. The number of ketones is 1. The Morgan fingerprint density at radius 3 is 2.00 bits per heavy atom. The van der Waals surface area contributed by atoms with E-state index in [9.17, 15) is 9.59 Å². The summed E-state index contributed by atoms with van der Waals surface area (Å²) in [6.45, 7) is 8.95. The van der Waals surface area contributed by atoms with E-state index in [4.69, 9.17) is 0 Å². The van der Waals surface area contributed by atoms with E-state index in [-0.39, 0.29) is 17.5 Å². The van der Waals surface area contributed by atoms with Gasteiger partial charge >= 0.3 is 5.69 Å². The maximum atomic E-state index is 13.7. The van der Waals surface area contributed by atoms with Crippen molar-refractivity contribution in [2.75, 3.05) is 19.6 Å². The smallest absolute Gasteiger partial charge is 0.303 e. The van der Waals surface area contributed by atoms with Crippen LogP contribution in [0.1, 0.15) is 49.8 Å². The molecule has 196 valence electrons. The van der Waals surface area contributed by atoms with Gasteiger partial charge in [0.25, 0.3) is 0 Å². The highest BCUT2D eigenvalue weighted by atomic mass is 16.2. The number of likely N-dealkylation sites (tertiary alicyclic amines) is 1. The lowest BCUT2D eigenvalue weighted by atomic mass is 9.68. The molecule has 0 amide bonds. The lowest BCUT2D eigenvalue weighted by molar-refractivity contribution is -0.123. The number of aromatic nitrogens is 2. The Labute approximate surface area is 225 Å².